The Morgan fingerprint density at radius 3 is 2.59 bits per heavy atom. The van der Waals surface area contributed by atoms with E-state index in [-0.39, 0.29) is 16.6 Å². The summed E-state index contributed by atoms with van der Waals surface area (Å²) in [6, 6.07) is 20.9. The van der Waals surface area contributed by atoms with Gasteiger partial charge in [-0.25, -0.2) is 0 Å². The SMILES string of the molecule is O=C(/C=C/c1ccc(-c2ccc(Cl)c([N+](=O)[O-])c2)o1)N1c2ccccc2Sc2ccc(Cl)cc21. The fraction of sp³-hybridized carbons (Fsp3) is 0. The number of benzene rings is 3. The summed E-state index contributed by atoms with van der Waals surface area (Å²) in [7, 11) is 0. The highest BCUT2D eigenvalue weighted by molar-refractivity contribution is 7.99. The first kappa shape index (κ1) is 22.3. The van der Waals surface area contributed by atoms with Crippen LogP contribution in [0.15, 0.2) is 93.1 Å². The second-order valence-electron chi connectivity index (χ2n) is 7.31. The molecule has 3 aromatic carbocycles. The number of carbonyl (C=O) groups excluding carboxylic acids is 1. The first-order chi connectivity index (χ1) is 16.4. The van der Waals surface area contributed by atoms with E-state index in [2.05, 4.69) is 0 Å². The van der Waals surface area contributed by atoms with Gasteiger partial charge in [0.2, 0.25) is 0 Å². The number of nitro benzene ring substituents is 1. The Labute approximate surface area is 208 Å². The molecule has 9 heteroatoms. The van der Waals surface area contributed by atoms with Gasteiger partial charge in [-0.3, -0.25) is 19.8 Å². The van der Waals surface area contributed by atoms with Crippen molar-refractivity contribution in [3.05, 3.63) is 105 Å². The summed E-state index contributed by atoms with van der Waals surface area (Å²) >= 11 is 13.7. The molecule has 0 saturated heterocycles. The van der Waals surface area contributed by atoms with Crippen molar-refractivity contribution in [2.24, 2.45) is 0 Å². The van der Waals surface area contributed by atoms with Gasteiger partial charge < -0.3 is 4.42 Å². The quantitative estimate of drug-likeness (QED) is 0.158. The summed E-state index contributed by atoms with van der Waals surface area (Å²) in [5.41, 5.74) is 1.78. The van der Waals surface area contributed by atoms with Gasteiger partial charge in [-0.05, 0) is 60.7 Å². The topological polar surface area (TPSA) is 76.6 Å². The molecule has 0 unspecified atom stereocenters. The summed E-state index contributed by atoms with van der Waals surface area (Å²) < 4.78 is 5.79. The lowest BCUT2D eigenvalue weighted by Gasteiger charge is -2.30. The molecule has 0 atom stereocenters. The van der Waals surface area contributed by atoms with Crippen LogP contribution in [0.1, 0.15) is 5.76 Å². The Hall–Kier alpha value is -3.52. The van der Waals surface area contributed by atoms with Crippen LogP contribution in [0, 0.1) is 10.1 Å². The first-order valence-corrected chi connectivity index (χ1v) is 11.6. The van der Waals surface area contributed by atoms with E-state index in [4.69, 9.17) is 27.6 Å². The molecule has 1 aromatic heterocycles. The van der Waals surface area contributed by atoms with Crippen molar-refractivity contribution in [2.45, 2.75) is 9.79 Å². The number of amides is 1. The number of carbonyl (C=O) groups is 1. The molecular weight excluding hydrogens is 495 g/mol. The average molecular weight is 509 g/mol. The number of para-hydroxylation sites is 1. The van der Waals surface area contributed by atoms with Gasteiger partial charge in [0.25, 0.3) is 11.6 Å². The zero-order valence-corrected chi connectivity index (χ0v) is 19.6. The van der Waals surface area contributed by atoms with Gasteiger partial charge >= 0.3 is 0 Å². The molecule has 34 heavy (non-hydrogen) atoms. The molecule has 4 aromatic rings. The third-order valence-electron chi connectivity index (χ3n) is 5.15. The van der Waals surface area contributed by atoms with Crippen molar-refractivity contribution in [2.75, 3.05) is 4.90 Å². The molecule has 0 bridgehead atoms. The normalized spacial score (nSPS) is 12.5. The van der Waals surface area contributed by atoms with Crippen LogP contribution in [-0.4, -0.2) is 10.8 Å². The summed E-state index contributed by atoms with van der Waals surface area (Å²) in [5, 5.41) is 11.7. The number of hydrogen-bond acceptors (Lipinski definition) is 5. The van der Waals surface area contributed by atoms with Crippen LogP contribution in [0.5, 0.6) is 0 Å². The standard InChI is InChI=1S/C25H14Cl2N2O4S/c26-16-6-11-24-21(14-16)28(19-3-1-2-4-23(19)34-24)25(30)12-8-17-7-10-22(33-17)15-5-9-18(27)20(13-15)29(31)32/h1-14H/b12-8+. The number of nitrogens with zero attached hydrogens (tertiary/aromatic N) is 2. The molecule has 0 fully saturated rings. The van der Waals surface area contributed by atoms with Gasteiger partial charge in [-0.2, -0.15) is 0 Å². The largest absolute Gasteiger partial charge is 0.457 e. The van der Waals surface area contributed by atoms with E-state index in [9.17, 15) is 14.9 Å². The Balaban J connectivity index is 1.44. The predicted octanol–water partition coefficient (Wildman–Crippen LogP) is 8.00. The van der Waals surface area contributed by atoms with Crippen molar-refractivity contribution in [3.8, 4) is 11.3 Å². The lowest BCUT2D eigenvalue weighted by Crippen LogP contribution is -2.26. The maximum absolute atomic E-state index is 13.3. The number of rotatable bonds is 4. The molecule has 1 aliphatic heterocycles. The lowest BCUT2D eigenvalue weighted by atomic mass is 10.1. The molecule has 168 valence electrons. The van der Waals surface area contributed by atoms with E-state index in [0.29, 0.717) is 27.8 Å². The van der Waals surface area contributed by atoms with Gasteiger partial charge in [0.15, 0.2) is 0 Å². The monoisotopic (exact) mass is 508 g/mol. The van der Waals surface area contributed by atoms with Crippen molar-refractivity contribution >= 4 is 64.0 Å². The molecule has 0 N–H and O–H groups in total. The molecule has 0 spiro atoms. The van der Waals surface area contributed by atoms with Gasteiger partial charge in [0.1, 0.15) is 16.5 Å². The Morgan fingerprint density at radius 1 is 0.971 bits per heavy atom. The van der Waals surface area contributed by atoms with Gasteiger partial charge in [-0.15, -0.1) is 0 Å². The average Bonchev–Trinajstić information content (AvgIpc) is 3.30. The highest BCUT2D eigenvalue weighted by atomic mass is 35.5. The Kier molecular flexibility index (Phi) is 5.91. The maximum Gasteiger partial charge on any atom is 0.288 e. The van der Waals surface area contributed by atoms with E-state index in [1.54, 1.807) is 53.1 Å². The Morgan fingerprint density at radius 2 is 1.76 bits per heavy atom. The number of nitro groups is 1. The minimum Gasteiger partial charge on any atom is -0.457 e. The van der Waals surface area contributed by atoms with Crippen molar-refractivity contribution in [3.63, 3.8) is 0 Å². The minimum atomic E-state index is -0.549. The summed E-state index contributed by atoms with van der Waals surface area (Å²) in [6.45, 7) is 0. The smallest absolute Gasteiger partial charge is 0.288 e. The van der Waals surface area contributed by atoms with Crippen LogP contribution in [0.4, 0.5) is 17.1 Å². The fourth-order valence-corrected chi connectivity index (χ4v) is 4.99. The van der Waals surface area contributed by atoms with Crippen LogP contribution in [0.2, 0.25) is 10.0 Å². The molecular formula is C25H14Cl2N2O4S. The zero-order chi connectivity index (χ0) is 23.8. The zero-order valence-electron chi connectivity index (χ0n) is 17.3. The molecule has 6 nitrogen and oxygen atoms in total. The number of fused-ring (bicyclic) bond motifs is 2. The van der Waals surface area contributed by atoms with Crippen molar-refractivity contribution < 1.29 is 14.1 Å². The summed E-state index contributed by atoms with van der Waals surface area (Å²) in [6.07, 6.45) is 2.98. The first-order valence-electron chi connectivity index (χ1n) is 10.0. The third kappa shape index (κ3) is 4.21. The van der Waals surface area contributed by atoms with E-state index in [1.165, 1.54) is 18.2 Å². The molecule has 0 aliphatic carbocycles. The molecule has 5 rings (SSSR count). The Bertz CT molecular complexity index is 1480. The van der Waals surface area contributed by atoms with Crippen LogP contribution in [0.25, 0.3) is 17.4 Å². The third-order valence-corrected chi connectivity index (χ3v) is 6.84. The lowest BCUT2D eigenvalue weighted by molar-refractivity contribution is -0.384. The van der Waals surface area contributed by atoms with Crippen LogP contribution in [0.3, 0.4) is 0 Å². The van der Waals surface area contributed by atoms with Gasteiger partial charge in [0.05, 0.1) is 16.3 Å². The summed E-state index contributed by atoms with van der Waals surface area (Å²) in [5.74, 6) is 0.576. The van der Waals surface area contributed by atoms with E-state index < -0.39 is 4.92 Å². The predicted molar refractivity (Wildman–Crippen MR) is 134 cm³/mol. The number of anilines is 2. The van der Waals surface area contributed by atoms with Gasteiger partial charge in [0, 0.05) is 32.5 Å². The molecule has 2 heterocycles. The molecule has 0 saturated carbocycles. The fourth-order valence-electron chi connectivity index (χ4n) is 3.60. The van der Waals surface area contributed by atoms with Crippen molar-refractivity contribution in [1.29, 1.82) is 0 Å². The number of halogens is 2. The molecule has 0 radical (unpaired) electrons. The number of hydrogen-bond donors (Lipinski definition) is 0. The van der Waals surface area contributed by atoms with E-state index >= 15 is 0 Å². The molecule has 1 amide bonds. The highest BCUT2D eigenvalue weighted by Gasteiger charge is 2.27. The van der Waals surface area contributed by atoms with E-state index in [1.807, 2.05) is 30.3 Å². The van der Waals surface area contributed by atoms with E-state index in [0.717, 1.165) is 15.5 Å². The second-order valence-corrected chi connectivity index (χ2v) is 9.24. The van der Waals surface area contributed by atoms with Crippen molar-refractivity contribution in [1.82, 2.24) is 0 Å². The van der Waals surface area contributed by atoms with Crippen LogP contribution >= 0.6 is 35.0 Å². The molecule has 1 aliphatic rings. The number of furan rings is 1. The second kappa shape index (κ2) is 9.02. The maximum atomic E-state index is 13.3. The minimum absolute atomic E-state index is 0.0476. The summed E-state index contributed by atoms with van der Waals surface area (Å²) in [4.78, 5) is 27.4. The van der Waals surface area contributed by atoms with Crippen LogP contribution < -0.4 is 4.90 Å². The highest BCUT2D eigenvalue weighted by Crippen LogP contribution is 2.48. The van der Waals surface area contributed by atoms with Gasteiger partial charge in [-0.1, -0.05) is 47.1 Å². The van der Waals surface area contributed by atoms with Crippen LogP contribution in [-0.2, 0) is 4.79 Å².